The number of furan rings is 1. The molecule has 0 radical (unpaired) electrons. The molecule has 0 amide bonds. The summed E-state index contributed by atoms with van der Waals surface area (Å²) in [6.45, 7) is 0. The Bertz CT molecular complexity index is 354. The number of nitrogens with one attached hydrogen (secondary N) is 1. The van der Waals surface area contributed by atoms with Crippen molar-refractivity contribution in [2.45, 2.75) is 11.4 Å². The molecule has 0 spiro atoms. The molecular formula is C8H8BrNO3S. The van der Waals surface area contributed by atoms with Gasteiger partial charge in [0.25, 0.3) is 0 Å². The minimum Gasteiger partial charge on any atom is -0.480 e. The summed E-state index contributed by atoms with van der Waals surface area (Å²) in [6, 6.07) is 3.15. The summed E-state index contributed by atoms with van der Waals surface area (Å²) in [5.74, 6) is 0.509. The quantitative estimate of drug-likeness (QED) is 0.864. The van der Waals surface area contributed by atoms with Crippen molar-refractivity contribution in [3.05, 3.63) is 22.6 Å². The van der Waals surface area contributed by atoms with Crippen LogP contribution in [0.3, 0.4) is 0 Å². The summed E-state index contributed by atoms with van der Waals surface area (Å²) in [6.07, 6.45) is 0. The van der Waals surface area contributed by atoms with Crippen LogP contribution in [-0.2, 0) is 4.79 Å². The molecule has 1 aliphatic rings. The first kappa shape index (κ1) is 10.1. The lowest BCUT2D eigenvalue weighted by molar-refractivity contribution is -0.138. The second-order valence-electron chi connectivity index (χ2n) is 2.91. The predicted molar refractivity (Wildman–Crippen MR) is 56.2 cm³/mol. The Morgan fingerprint density at radius 3 is 3.00 bits per heavy atom. The molecule has 6 heteroatoms. The number of aliphatic carboxylic acids is 1. The molecule has 1 fully saturated rings. The normalized spacial score (nSPS) is 26.6. The lowest BCUT2D eigenvalue weighted by Gasteiger charge is -2.06. The van der Waals surface area contributed by atoms with E-state index in [2.05, 4.69) is 21.2 Å². The van der Waals surface area contributed by atoms with Gasteiger partial charge in [-0.1, -0.05) is 0 Å². The fourth-order valence-electron chi connectivity index (χ4n) is 1.25. The predicted octanol–water partition coefficient (Wildman–Crippen LogP) is 1.83. The van der Waals surface area contributed by atoms with E-state index >= 15 is 0 Å². The molecule has 0 aliphatic carbocycles. The van der Waals surface area contributed by atoms with Crippen molar-refractivity contribution in [1.82, 2.24) is 5.32 Å². The van der Waals surface area contributed by atoms with Gasteiger partial charge in [0.05, 0.1) is 0 Å². The number of thioether (sulfide) groups is 1. The van der Waals surface area contributed by atoms with Crippen LogP contribution in [0.15, 0.2) is 21.2 Å². The van der Waals surface area contributed by atoms with E-state index < -0.39 is 12.0 Å². The number of halogens is 1. The molecule has 0 bridgehead atoms. The van der Waals surface area contributed by atoms with Crippen LogP contribution in [0.1, 0.15) is 11.1 Å². The third-order valence-corrected chi connectivity index (χ3v) is 3.59. The van der Waals surface area contributed by atoms with Gasteiger partial charge >= 0.3 is 5.97 Å². The molecule has 0 saturated carbocycles. The Balaban J connectivity index is 2.05. The fourth-order valence-corrected chi connectivity index (χ4v) is 2.74. The van der Waals surface area contributed by atoms with Crippen LogP contribution in [0.5, 0.6) is 0 Å². The molecule has 76 valence electrons. The van der Waals surface area contributed by atoms with Gasteiger partial charge in [-0.15, -0.1) is 11.8 Å². The third-order valence-electron chi connectivity index (χ3n) is 1.93. The summed E-state index contributed by atoms with van der Waals surface area (Å²) in [5, 5.41) is 11.7. The lowest BCUT2D eigenvalue weighted by Crippen LogP contribution is -2.33. The molecule has 1 aromatic rings. The Labute approximate surface area is 93.2 Å². The standard InChI is InChI=1S/C8H8BrNO3S/c9-6-2-1-5(13-6)7-10-4(3-14-7)8(11)12/h1-2,4,7,10H,3H2,(H,11,12)/t4-,7?/m0/s1. The minimum atomic E-state index is -0.814. The maximum atomic E-state index is 10.7. The van der Waals surface area contributed by atoms with Crippen LogP contribution in [0.2, 0.25) is 0 Å². The molecule has 4 nitrogen and oxygen atoms in total. The van der Waals surface area contributed by atoms with E-state index in [4.69, 9.17) is 9.52 Å². The maximum Gasteiger partial charge on any atom is 0.321 e. The van der Waals surface area contributed by atoms with Crippen molar-refractivity contribution in [3.8, 4) is 0 Å². The lowest BCUT2D eigenvalue weighted by atomic mass is 10.3. The average Bonchev–Trinajstić information content (AvgIpc) is 2.70. The van der Waals surface area contributed by atoms with Crippen LogP contribution in [0, 0.1) is 0 Å². The Morgan fingerprint density at radius 2 is 2.50 bits per heavy atom. The van der Waals surface area contributed by atoms with Gasteiger partial charge in [0.1, 0.15) is 17.2 Å². The number of carbonyl (C=O) groups is 1. The van der Waals surface area contributed by atoms with Crippen LogP contribution in [0.25, 0.3) is 0 Å². The number of hydrogen-bond acceptors (Lipinski definition) is 4. The molecule has 14 heavy (non-hydrogen) atoms. The molecule has 2 rings (SSSR count). The molecule has 2 N–H and O–H groups in total. The molecule has 2 atom stereocenters. The largest absolute Gasteiger partial charge is 0.480 e. The van der Waals surface area contributed by atoms with Gasteiger partial charge in [0.2, 0.25) is 0 Å². The SMILES string of the molecule is O=C(O)[C@@H]1CSC(c2ccc(Br)o2)N1. The summed E-state index contributed by atoms with van der Waals surface area (Å²) in [5.41, 5.74) is 0. The first-order valence-corrected chi connectivity index (χ1v) is 5.86. The van der Waals surface area contributed by atoms with Gasteiger partial charge < -0.3 is 9.52 Å². The van der Waals surface area contributed by atoms with E-state index in [-0.39, 0.29) is 5.37 Å². The van der Waals surface area contributed by atoms with Crippen LogP contribution < -0.4 is 5.32 Å². The van der Waals surface area contributed by atoms with Crippen molar-refractivity contribution in [3.63, 3.8) is 0 Å². The van der Waals surface area contributed by atoms with Gasteiger partial charge in [-0.3, -0.25) is 10.1 Å². The van der Waals surface area contributed by atoms with Crippen molar-refractivity contribution < 1.29 is 14.3 Å². The Morgan fingerprint density at radius 1 is 1.71 bits per heavy atom. The monoisotopic (exact) mass is 277 g/mol. The number of hydrogen-bond donors (Lipinski definition) is 2. The Hall–Kier alpha value is -0.460. The van der Waals surface area contributed by atoms with Crippen molar-refractivity contribution in [2.75, 3.05) is 5.75 Å². The van der Waals surface area contributed by atoms with E-state index in [9.17, 15) is 4.79 Å². The zero-order valence-electron chi connectivity index (χ0n) is 7.07. The van der Waals surface area contributed by atoms with E-state index in [1.165, 1.54) is 11.8 Å². The molecule has 1 unspecified atom stereocenters. The van der Waals surface area contributed by atoms with Crippen molar-refractivity contribution >= 4 is 33.7 Å². The number of carboxylic acid groups (broad SMARTS) is 1. The topological polar surface area (TPSA) is 62.5 Å². The number of rotatable bonds is 2. The first-order chi connectivity index (χ1) is 6.66. The summed E-state index contributed by atoms with van der Waals surface area (Å²) in [7, 11) is 0. The highest BCUT2D eigenvalue weighted by Gasteiger charge is 2.31. The smallest absolute Gasteiger partial charge is 0.321 e. The minimum absolute atomic E-state index is 0.0533. The maximum absolute atomic E-state index is 10.7. The molecule has 1 saturated heterocycles. The van der Waals surface area contributed by atoms with E-state index in [0.29, 0.717) is 10.4 Å². The first-order valence-electron chi connectivity index (χ1n) is 4.02. The van der Waals surface area contributed by atoms with Crippen LogP contribution in [-0.4, -0.2) is 22.9 Å². The second-order valence-corrected chi connectivity index (χ2v) is 4.83. The summed E-state index contributed by atoms with van der Waals surface area (Å²) >= 11 is 4.74. The van der Waals surface area contributed by atoms with Crippen molar-refractivity contribution in [2.24, 2.45) is 0 Å². The molecule has 2 heterocycles. The fraction of sp³-hybridized carbons (Fsp3) is 0.375. The average molecular weight is 278 g/mol. The second kappa shape index (κ2) is 3.96. The highest BCUT2D eigenvalue weighted by molar-refractivity contribution is 9.10. The van der Waals surface area contributed by atoms with E-state index in [1.807, 2.05) is 6.07 Å². The highest BCUT2D eigenvalue weighted by atomic mass is 79.9. The zero-order chi connectivity index (χ0) is 10.1. The Kier molecular flexibility index (Phi) is 2.85. The van der Waals surface area contributed by atoms with E-state index in [1.54, 1.807) is 6.07 Å². The van der Waals surface area contributed by atoms with Gasteiger partial charge in [-0.25, -0.2) is 0 Å². The van der Waals surface area contributed by atoms with Crippen LogP contribution >= 0.6 is 27.7 Å². The summed E-state index contributed by atoms with van der Waals surface area (Å²) in [4.78, 5) is 10.7. The van der Waals surface area contributed by atoms with E-state index in [0.717, 1.165) is 5.76 Å². The third kappa shape index (κ3) is 1.97. The van der Waals surface area contributed by atoms with Gasteiger partial charge in [0, 0.05) is 5.75 Å². The van der Waals surface area contributed by atoms with Gasteiger partial charge in [-0.05, 0) is 28.1 Å². The van der Waals surface area contributed by atoms with Crippen molar-refractivity contribution in [1.29, 1.82) is 0 Å². The summed E-state index contributed by atoms with van der Waals surface area (Å²) < 4.78 is 6.00. The zero-order valence-corrected chi connectivity index (χ0v) is 9.47. The molecule has 1 aromatic heterocycles. The van der Waals surface area contributed by atoms with Gasteiger partial charge in [0.15, 0.2) is 4.67 Å². The molecule has 1 aliphatic heterocycles. The van der Waals surface area contributed by atoms with Gasteiger partial charge in [-0.2, -0.15) is 0 Å². The molecular weight excluding hydrogens is 270 g/mol. The highest BCUT2D eigenvalue weighted by Crippen LogP contribution is 2.34. The number of carboxylic acids is 1. The molecule has 0 aromatic carbocycles. The van der Waals surface area contributed by atoms with Crippen LogP contribution in [0.4, 0.5) is 0 Å².